The van der Waals surface area contributed by atoms with Crippen LogP contribution in [0.3, 0.4) is 0 Å². The van der Waals surface area contributed by atoms with Gasteiger partial charge in [0.2, 0.25) is 0 Å². The Hall–Kier alpha value is -1.95. The normalized spacial score (nSPS) is 11.9. The van der Waals surface area contributed by atoms with Gasteiger partial charge in [-0.25, -0.2) is 0 Å². The Morgan fingerprint density at radius 3 is 3.00 bits per heavy atom. The molecule has 0 saturated heterocycles. The minimum atomic E-state index is -0.132. The zero-order chi connectivity index (χ0) is 14.5. The number of hydrogen-bond acceptors (Lipinski definition) is 5. The molecule has 1 atom stereocenters. The van der Waals surface area contributed by atoms with Crippen molar-refractivity contribution in [2.24, 2.45) is 0 Å². The molecule has 0 aliphatic rings. The molecular formula is C14H17N3O2S. The Morgan fingerprint density at radius 1 is 1.50 bits per heavy atom. The minimum Gasteiger partial charge on any atom is -0.497 e. The van der Waals surface area contributed by atoms with Crippen molar-refractivity contribution in [3.8, 4) is 17.0 Å². The van der Waals surface area contributed by atoms with Crippen molar-refractivity contribution in [1.82, 2.24) is 14.9 Å². The summed E-state index contributed by atoms with van der Waals surface area (Å²) in [5.41, 5.74) is 1.42. The second kappa shape index (κ2) is 6.47. The number of aromatic nitrogens is 2. The molecule has 0 aliphatic carbocycles. The lowest BCUT2D eigenvalue weighted by molar-refractivity contribution is 0.0944. The molecule has 20 heavy (non-hydrogen) atoms. The number of carbonyl (C=O) groups excluding carboxylic acids is 1. The van der Waals surface area contributed by atoms with Crippen molar-refractivity contribution in [3.05, 3.63) is 29.1 Å². The second-order valence-corrected chi connectivity index (χ2v) is 5.22. The first kappa shape index (κ1) is 14.5. The number of nitrogens with one attached hydrogen (secondary N) is 1. The molecule has 6 heteroatoms. The van der Waals surface area contributed by atoms with Crippen LogP contribution in [0, 0.1) is 0 Å². The molecule has 0 fully saturated rings. The van der Waals surface area contributed by atoms with Crippen LogP contribution in [0.15, 0.2) is 24.3 Å². The predicted octanol–water partition coefficient (Wildman–Crippen LogP) is 2.74. The van der Waals surface area contributed by atoms with Crippen LogP contribution in [-0.4, -0.2) is 28.6 Å². The maximum Gasteiger partial charge on any atom is 0.265 e. The number of nitrogens with zero attached hydrogens (tertiary/aromatic N) is 2. The van der Waals surface area contributed by atoms with E-state index < -0.39 is 0 Å². The molecule has 1 aromatic heterocycles. The van der Waals surface area contributed by atoms with E-state index in [2.05, 4.69) is 14.9 Å². The van der Waals surface area contributed by atoms with E-state index in [-0.39, 0.29) is 11.9 Å². The van der Waals surface area contributed by atoms with E-state index in [0.29, 0.717) is 10.6 Å². The summed E-state index contributed by atoms with van der Waals surface area (Å²) in [6.45, 7) is 4.00. The third kappa shape index (κ3) is 3.14. The Morgan fingerprint density at radius 2 is 2.30 bits per heavy atom. The van der Waals surface area contributed by atoms with Crippen molar-refractivity contribution in [1.29, 1.82) is 0 Å². The van der Waals surface area contributed by atoms with Gasteiger partial charge >= 0.3 is 0 Å². The first-order valence-electron chi connectivity index (χ1n) is 6.43. The third-order valence-electron chi connectivity index (χ3n) is 3.03. The summed E-state index contributed by atoms with van der Waals surface area (Å²) in [6, 6.07) is 7.57. The van der Waals surface area contributed by atoms with Crippen molar-refractivity contribution >= 4 is 17.4 Å². The number of ether oxygens (including phenoxy) is 1. The highest BCUT2D eigenvalue weighted by atomic mass is 32.1. The van der Waals surface area contributed by atoms with Gasteiger partial charge in [-0.1, -0.05) is 23.5 Å². The monoisotopic (exact) mass is 291 g/mol. The quantitative estimate of drug-likeness (QED) is 0.920. The highest BCUT2D eigenvalue weighted by molar-refractivity contribution is 7.08. The molecule has 1 N–H and O–H groups in total. The molecule has 2 rings (SSSR count). The first-order valence-corrected chi connectivity index (χ1v) is 7.20. The number of hydrogen-bond donors (Lipinski definition) is 1. The van der Waals surface area contributed by atoms with Crippen molar-refractivity contribution in [3.63, 3.8) is 0 Å². The maximum atomic E-state index is 12.2. The molecule has 0 radical (unpaired) electrons. The van der Waals surface area contributed by atoms with Crippen LogP contribution >= 0.6 is 11.5 Å². The van der Waals surface area contributed by atoms with Crippen LogP contribution in [0.2, 0.25) is 0 Å². The van der Waals surface area contributed by atoms with Gasteiger partial charge in [0.25, 0.3) is 5.91 Å². The summed E-state index contributed by atoms with van der Waals surface area (Å²) in [7, 11) is 1.61. The SMILES string of the molecule is CC[C@H](C)NC(=O)c1snnc1-c1cccc(OC)c1. The molecule has 0 aliphatic heterocycles. The standard InChI is InChI=1S/C14H17N3O2S/c1-4-9(2)15-14(18)13-12(16-17-20-13)10-6-5-7-11(8-10)19-3/h5-9H,4H2,1-3H3,(H,15,18)/t9-/m0/s1. The minimum absolute atomic E-state index is 0.128. The summed E-state index contributed by atoms with van der Waals surface area (Å²) >= 11 is 1.10. The topological polar surface area (TPSA) is 64.1 Å². The van der Waals surface area contributed by atoms with Crippen LogP contribution in [0.25, 0.3) is 11.3 Å². The maximum absolute atomic E-state index is 12.2. The Bertz CT molecular complexity index is 598. The number of methoxy groups -OCH3 is 1. The number of amides is 1. The van der Waals surface area contributed by atoms with Crippen LogP contribution < -0.4 is 10.1 Å². The van der Waals surface area contributed by atoms with Gasteiger partial charge in [0.05, 0.1) is 7.11 Å². The molecular weight excluding hydrogens is 274 g/mol. The van der Waals surface area contributed by atoms with Crippen molar-refractivity contribution in [2.75, 3.05) is 7.11 Å². The van der Waals surface area contributed by atoms with E-state index in [0.717, 1.165) is 29.3 Å². The van der Waals surface area contributed by atoms with Crippen LogP contribution in [-0.2, 0) is 0 Å². The molecule has 1 heterocycles. The number of carbonyl (C=O) groups is 1. The van der Waals surface area contributed by atoms with Gasteiger partial charge in [-0.2, -0.15) is 0 Å². The number of benzene rings is 1. The fourth-order valence-corrected chi connectivity index (χ4v) is 2.28. The number of rotatable bonds is 5. The van der Waals surface area contributed by atoms with E-state index in [4.69, 9.17) is 4.74 Å². The zero-order valence-electron chi connectivity index (χ0n) is 11.7. The zero-order valence-corrected chi connectivity index (χ0v) is 12.5. The van der Waals surface area contributed by atoms with E-state index >= 15 is 0 Å². The van der Waals surface area contributed by atoms with Gasteiger partial charge in [-0.15, -0.1) is 5.10 Å². The van der Waals surface area contributed by atoms with Crippen molar-refractivity contribution in [2.45, 2.75) is 26.3 Å². The molecule has 1 aromatic carbocycles. The van der Waals surface area contributed by atoms with Gasteiger partial charge in [0.15, 0.2) is 0 Å². The summed E-state index contributed by atoms with van der Waals surface area (Å²) in [5.74, 6) is 0.593. The van der Waals surface area contributed by atoms with Gasteiger partial charge in [0.1, 0.15) is 16.3 Å². The Balaban J connectivity index is 2.30. The van der Waals surface area contributed by atoms with Gasteiger partial charge in [-0.3, -0.25) is 4.79 Å². The molecule has 0 saturated carbocycles. The fraction of sp³-hybridized carbons (Fsp3) is 0.357. The lowest BCUT2D eigenvalue weighted by Crippen LogP contribution is -2.31. The molecule has 0 bridgehead atoms. The highest BCUT2D eigenvalue weighted by Crippen LogP contribution is 2.26. The molecule has 0 spiro atoms. The lowest BCUT2D eigenvalue weighted by atomic mass is 10.1. The average Bonchev–Trinajstić information content (AvgIpc) is 2.96. The second-order valence-electron chi connectivity index (χ2n) is 4.47. The lowest BCUT2D eigenvalue weighted by Gasteiger charge is -2.10. The van der Waals surface area contributed by atoms with Crippen molar-refractivity contribution < 1.29 is 9.53 Å². The van der Waals surface area contributed by atoms with Gasteiger partial charge < -0.3 is 10.1 Å². The summed E-state index contributed by atoms with van der Waals surface area (Å²) in [6.07, 6.45) is 0.881. The predicted molar refractivity (Wildman–Crippen MR) is 79.1 cm³/mol. The fourth-order valence-electron chi connectivity index (χ4n) is 1.69. The smallest absolute Gasteiger partial charge is 0.265 e. The van der Waals surface area contributed by atoms with Crippen LogP contribution in [0.5, 0.6) is 5.75 Å². The highest BCUT2D eigenvalue weighted by Gasteiger charge is 2.19. The van der Waals surface area contributed by atoms with Crippen LogP contribution in [0.1, 0.15) is 29.9 Å². The van der Waals surface area contributed by atoms with Gasteiger partial charge in [0, 0.05) is 11.6 Å². The molecule has 5 nitrogen and oxygen atoms in total. The van der Waals surface area contributed by atoms with Gasteiger partial charge in [-0.05, 0) is 37.0 Å². The Labute approximate surface area is 122 Å². The van der Waals surface area contributed by atoms with Crippen LogP contribution in [0.4, 0.5) is 0 Å². The summed E-state index contributed by atoms with van der Waals surface area (Å²) in [4.78, 5) is 12.7. The van der Waals surface area contributed by atoms with E-state index in [1.165, 1.54) is 0 Å². The largest absolute Gasteiger partial charge is 0.497 e. The first-order chi connectivity index (χ1) is 9.65. The average molecular weight is 291 g/mol. The molecule has 0 unspecified atom stereocenters. The molecule has 106 valence electrons. The summed E-state index contributed by atoms with van der Waals surface area (Å²) in [5, 5.41) is 7.00. The van der Waals surface area contributed by atoms with E-state index in [1.54, 1.807) is 7.11 Å². The Kier molecular flexibility index (Phi) is 4.68. The van der Waals surface area contributed by atoms with E-state index in [9.17, 15) is 4.79 Å². The summed E-state index contributed by atoms with van der Waals surface area (Å²) < 4.78 is 9.09. The molecule has 1 amide bonds. The third-order valence-corrected chi connectivity index (χ3v) is 3.75. The van der Waals surface area contributed by atoms with E-state index in [1.807, 2.05) is 38.1 Å². The molecule has 2 aromatic rings.